The van der Waals surface area contributed by atoms with Crippen LogP contribution in [0.1, 0.15) is 266 Å². The molecule has 0 atom stereocenters. The zero-order valence-electron chi connectivity index (χ0n) is 38.7. The Balaban J connectivity index is 2.15. The molecule has 0 heterocycles. The van der Waals surface area contributed by atoms with E-state index in [0.29, 0.717) is 12.8 Å². The number of esters is 2. The van der Waals surface area contributed by atoms with Gasteiger partial charge in [-0.2, -0.15) is 8.42 Å². The fraction of sp³-hybridized carbons (Fsp3) is 0.769. The summed E-state index contributed by atoms with van der Waals surface area (Å²) in [7, 11) is -4.77. The minimum atomic E-state index is -4.77. The molecule has 1 aromatic rings. The van der Waals surface area contributed by atoms with E-state index in [1.54, 1.807) is 0 Å². The molecule has 1 aromatic carbocycles. The van der Waals surface area contributed by atoms with E-state index in [0.717, 1.165) is 44.6 Å². The van der Waals surface area contributed by atoms with Crippen LogP contribution in [0.2, 0.25) is 0 Å². The van der Waals surface area contributed by atoms with Crippen LogP contribution in [0.4, 0.5) is 0 Å². The Morgan fingerprint density at radius 1 is 0.450 bits per heavy atom. The number of rotatable bonds is 43. The van der Waals surface area contributed by atoms with Crippen molar-refractivity contribution in [3.8, 4) is 0 Å². The minimum Gasteiger partial charge on any atom is -0.462 e. The van der Waals surface area contributed by atoms with E-state index < -0.39 is 32.5 Å². The summed E-state index contributed by atoms with van der Waals surface area (Å²) < 4.78 is 45.0. The van der Waals surface area contributed by atoms with Crippen LogP contribution in [0.5, 0.6) is 0 Å². The minimum absolute atomic E-state index is 0.110. The molecule has 346 valence electrons. The van der Waals surface area contributed by atoms with Crippen LogP contribution in [-0.2, 0) is 19.6 Å². The van der Waals surface area contributed by atoms with Crippen LogP contribution < -0.4 is 0 Å². The van der Waals surface area contributed by atoms with Crippen molar-refractivity contribution in [2.75, 3.05) is 13.2 Å². The molecule has 0 unspecified atom stereocenters. The molecule has 0 radical (unpaired) electrons. The van der Waals surface area contributed by atoms with Gasteiger partial charge in [-0.1, -0.05) is 211 Å². The third kappa shape index (κ3) is 32.3. The molecule has 0 spiro atoms. The van der Waals surface area contributed by atoms with Crippen LogP contribution in [0.3, 0.4) is 0 Å². The summed E-state index contributed by atoms with van der Waals surface area (Å²) >= 11 is 0. The maximum absolute atomic E-state index is 13.1. The molecule has 0 aliphatic rings. The molecule has 0 fully saturated rings. The normalized spacial score (nSPS) is 11.9. The van der Waals surface area contributed by atoms with Gasteiger partial charge in [0.2, 0.25) is 0 Å². The molecular weight excluding hydrogens is 769 g/mol. The standard InChI is InChI=1S/C52H90O7S/c1-3-5-7-9-11-13-15-17-19-21-23-25-27-29-31-33-35-37-39-41-46-58-51(53)48-44-43-45-49(60(55,56)57)50(48)52(54)59-47-42-40-38-36-34-32-30-28-26-24-22-20-18-16-14-12-10-8-6-4-2/h13-16,43-45H,3-12,17-42,46-47H2,1-2H3,(H,55,56,57)/b15-13+,16-14+. The molecule has 0 aliphatic carbocycles. The number of hydrogen-bond acceptors (Lipinski definition) is 6. The molecule has 0 saturated heterocycles. The van der Waals surface area contributed by atoms with Crippen LogP contribution in [0.25, 0.3) is 0 Å². The molecule has 0 bridgehead atoms. The third-order valence-corrected chi connectivity index (χ3v) is 12.4. The van der Waals surface area contributed by atoms with E-state index in [1.165, 1.54) is 192 Å². The summed E-state index contributed by atoms with van der Waals surface area (Å²) in [5, 5.41) is 0. The van der Waals surface area contributed by atoms with Crippen LogP contribution >= 0.6 is 0 Å². The quantitative estimate of drug-likeness (QED) is 0.0302. The molecular formula is C52H90O7S. The smallest absolute Gasteiger partial charge is 0.340 e. The van der Waals surface area contributed by atoms with E-state index in [9.17, 15) is 22.6 Å². The van der Waals surface area contributed by atoms with Crippen LogP contribution in [-0.4, -0.2) is 38.1 Å². The van der Waals surface area contributed by atoms with Gasteiger partial charge in [0, 0.05) is 0 Å². The van der Waals surface area contributed by atoms with E-state index in [1.807, 2.05) is 0 Å². The van der Waals surface area contributed by atoms with Crippen molar-refractivity contribution in [3.05, 3.63) is 53.6 Å². The SMILES string of the molecule is CCCCCC/C=C/CCCCCCCCCCCCCCOC(=O)c1cccc(S(=O)(=O)O)c1C(=O)OCCCCCCCCCCCCCC/C=C/CCCCCC. The van der Waals surface area contributed by atoms with Crippen molar-refractivity contribution in [3.63, 3.8) is 0 Å². The molecule has 7 nitrogen and oxygen atoms in total. The fourth-order valence-corrected chi connectivity index (χ4v) is 8.42. The molecule has 8 heteroatoms. The highest BCUT2D eigenvalue weighted by molar-refractivity contribution is 7.86. The zero-order valence-corrected chi connectivity index (χ0v) is 39.5. The number of ether oxygens (including phenoxy) is 2. The lowest BCUT2D eigenvalue weighted by molar-refractivity contribution is 0.0446. The van der Waals surface area contributed by atoms with Gasteiger partial charge in [-0.15, -0.1) is 0 Å². The lowest BCUT2D eigenvalue weighted by Crippen LogP contribution is -2.19. The van der Waals surface area contributed by atoms with E-state index in [4.69, 9.17) is 9.47 Å². The van der Waals surface area contributed by atoms with E-state index >= 15 is 0 Å². The molecule has 1 N–H and O–H groups in total. The average molecular weight is 859 g/mol. The van der Waals surface area contributed by atoms with Gasteiger partial charge in [-0.3, -0.25) is 4.55 Å². The monoisotopic (exact) mass is 859 g/mol. The average Bonchev–Trinajstić information content (AvgIpc) is 3.24. The van der Waals surface area contributed by atoms with Gasteiger partial charge in [-0.25, -0.2) is 9.59 Å². The summed E-state index contributed by atoms with van der Waals surface area (Å²) in [6, 6.07) is 3.77. The zero-order chi connectivity index (χ0) is 43.6. The van der Waals surface area contributed by atoms with Gasteiger partial charge in [0.05, 0.1) is 24.3 Å². The van der Waals surface area contributed by atoms with E-state index in [2.05, 4.69) is 38.2 Å². The summed E-state index contributed by atoms with van der Waals surface area (Å²) in [5.74, 6) is -1.74. The van der Waals surface area contributed by atoms with Gasteiger partial charge >= 0.3 is 11.9 Å². The number of unbranched alkanes of at least 4 members (excludes halogenated alkanes) is 32. The molecule has 0 aliphatic heterocycles. The Labute approximate surface area is 369 Å². The van der Waals surface area contributed by atoms with Crippen molar-refractivity contribution in [2.24, 2.45) is 0 Å². The third-order valence-electron chi connectivity index (χ3n) is 11.5. The highest BCUT2D eigenvalue weighted by atomic mass is 32.2. The first kappa shape index (κ1) is 55.6. The van der Waals surface area contributed by atoms with E-state index in [-0.39, 0.29) is 18.8 Å². The summed E-state index contributed by atoms with van der Waals surface area (Å²) in [5.41, 5.74) is -0.670. The van der Waals surface area contributed by atoms with Crippen molar-refractivity contribution in [1.29, 1.82) is 0 Å². The van der Waals surface area contributed by atoms with Crippen molar-refractivity contribution < 1.29 is 32.0 Å². The largest absolute Gasteiger partial charge is 0.462 e. The summed E-state index contributed by atoms with van der Waals surface area (Å²) in [6.07, 6.45) is 53.4. The van der Waals surface area contributed by atoms with Gasteiger partial charge in [0.15, 0.2) is 0 Å². The van der Waals surface area contributed by atoms with Gasteiger partial charge < -0.3 is 9.47 Å². The van der Waals surface area contributed by atoms with Gasteiger partial charge in [-0.05, 0) is 76.3 Å². The number of carbonyl (C=O) groups is 2. The van der Waals surface area contributed by atoms with Crippen molar-refractivity contribution in [2.45, 2.75) is 250 Å². The number of allylic oxidation sites excluding steroid dienone is 4. The Bertz CT molecular complexity index is 1340. The maximum atomic E-state index is 13.1. The first-order chi connectivity index (χ1) is 29.3. The Morgan fingerprint density at radius 3 is 1.08 bits per heavy atom. The lowest BCUT2D eigenvalue weighted by Gasteiger charge is -2.13. The predicted molar refractivity (Wildman–Crippen MR) is 253 cm³/mol. The molecule has 0 amide bonds. The van der Waals surface area contributed by atoms with Gasteiger partial charge in [0.1, 0.15) is 4.90 Å². The highest BCUT2D eigenvalue weighted by Crippen LogP contribution is 2.23. The molecule has 1 rings (SSSR count). The number of hydrogen-bond donors (Lipinski definition) is 1. The molecule has 60 heavy (non-hydrogen) atoms. The maximum Gasteiger partial charge on any atom is 0.340 e. The fourth-order valence-electron chi connectivity index (χ4n) is 7.72. The Kier molecular flexibility index (Phi) is 37.6. The van der Waals surface area contributed by atoms with Crippen molar-refractivity contribution in [1.82, 2.24) is 0 Å². The second-order valence-corrected chi connectivity index (χ2v) is 18.5. The second kappa shape index (κ2) is 40.6. The second-order valence-electron chi connectivity index (χ2n) is 17.1. The number of benzene rings is 1. The molecule has 0 aromatic heterocycles. The highest BCUT2D eigenvalue weighted by Gasteiger charge is 2.28. The topological polar surface area (TPSA) is 107 Å². The van der Waals surface area contributed by atoms with Crippen molar-refractivity contribution >= 4 is 22.1 Å². The lowest BCUT2D eigenvalue weighted by atomic mass is 10.0. The first-order valence-electron chi connectivity index (χ1n) is 25.1. The number of carbonyl (C=O) groups excluding carboxylic acids is 2. The van der Waals surface area contributed by atoms with Gasteiger partial charge in [0.25, 0.3) is 10.1 Å². The Hall–Kier alpha value is -2.45. The summed E-state index contributed by atoms with van der Waals surface area (Å²) in [6.45, 7) is 4.80. The molecule has 0 saturated carbocycles. The first-order valence-corrected chi connectivity index (χ1v) is 26.5. The van der Waals surface area contributed by atoms with Crippen LogP contribution in [0.15, 0.2) is 47.4 Å². The Morgan fingerprint density at radius 2 is 0.750 bits per heavy atom. The predicted octanol–water partition coefficient (Wildman–Crippen LogP) is 16.4. The van der Waals surface area contributed by atoms with Crippen LogP contribution in [0, 0.1) is 0 Å². The summed E-state index contributed by atoms with van der Waals surface area (Å²) in [4.78, 5) is 25.5.